The third-order valence-electron chi connectivity index (χ3n) is 7.37. The first-order valence-corrected chi connectivity index (χ1v) is 14.0. The van der Waals surface area contributed by atoms with Crippen molar-refractivity contribution in [3.8, 4) is 0 Å². The minimum atomic E-state index is -0.908. The van der Waals surface area contributed by atoms with Crippen LogP contribution in [0.25, 0.3) is 0 Å². The van der Waals surface area contributed by atoms with Gasteiger partial charge in [-0.25, -0.2) is 4.79 Å². The summed E-state index contributed by atoms with van der Waals surface area (Å²) in [7, 11) is 0. The molecular weight excluding hydrogens is 510 g/mol. The molecule has 1 heterocycles. The van der Waals surface area contributed by atoms with Crippen molar-refractivity contribution in [2.24, 2.45) is 11.8 Å². The Hall–Kier alpha value is -3.72. The molecule has 1 aliphatic heterocycles. The molecule has 3 rings (SSSR count). The third-order valence-corrected chi connectivity index (χ3v) is 7.37. The van der Waals surface area contributed by atoms with Crippen LogP contribution in [0.3, 0.4) is 0 Å². The summed E-state index contributed by atoms with van der Waals surface area (Å²) in [6, 6.07) is 16.1. The summed E-state index contributed by atoms with van der Waals surface area (Å²) < 4.78 is 10.5. The molecule has 1 saturated heterocycles. The maximum absolute atomic E-state index is 13.5. The highest BCUT2D eigenvalue weighted by Gasteiger charge is 2.39. The van der Waals surface area contributed by atoms with Gasteiger partial charge >= 0.3 is 6.09 Å². The Morgan fingerprint density at radius 1 is 0.800 bits per heavy atom. The fourth-order valence-corrected chi connectivity index (χ4v) is 4.31. The van der Waals surface area contributed by atoms with E-state index in [1.807, 2.05) is 88.4 Å². The molecule has 9 heteroatoms. The quantitative estimate of drug-likeness (QED) is 0.291. The van der Waals surface area contributed by atoms with Crippen LogP contribution in [0.4, 0.5) is 4.79 Å². The van der Waals surface area contributed by atoms with E-state index in [4.69, 9.17) is 9.47 Å². The van der Waals surface area contributed by atoms with Crippen molar-refractivity contribution < 1.29 is 28.7 Å². The molecule has 0 unspecified atom stereocenters. The molecule has 3 N–H and O–H groups in total. The first-order valence-electron chi connectivity index (χ1n) is 14.0. The SMILES string of the molecule is CC[C@H](C)[C@H](NC(=O)OCc1ccccc1)C(=O)N[C@H](C(=O)N[C@@H](Cc1ccccc1)C(=O)[C@@H]1CO1)[C@@H](C)CC. The molecule has 0 aliphatic carbocycles. The Morgan fingerprint density at radius 2 is 1.30 bits per heavy atom. The van der Waals surface area contributed by atoms with Gasteiger partial charge in [0.05, 0.1) is 12.6 Å². The van der Waals surface area contributed by atoms with Crippen LogP contribution in [0.5, 0.6) is 0 Å². The molecule has 2 aromatic carbocycles. The van der Waals surface area contributed by atoms with Crippen LogP contribution in [0.1, 0.15) is 51.7 Å². The minimum absolute atomic E-state index is 0.0704. The number of epoxide rings is 1. The van der Waals surface area contributed by atoms with Gasteiger partial charge in [0.2, 0.25) is 11.8 Å². The number of nitrogens with one attached hydrogen (secondary N) is 3. The second-order valence-electron chi connectivity index (χ2n) is 10.4. The number of carbonyl (C=O) groups is 4. The normalized spacial score (nSPS) is 17.9. The minimum Gasteiger partial charge on any atom is -0.445 e. The molecule has 40 heavy (non-hydrogen) atoms. The Labute approximate surface area is 236 Å². The molecule has 0 spiro atoms. The topological polar surface area (TPSA) is 126 Å². The van der Waals surface area contributed by atoms with Gasteiger partial charge < -0.3 is 25.4 Å². The number of hydrogen-bond donors (Lipinski definition) is 3. The Bertz CT molecular complexity index is 1120. The molecule has 0 radical (unpaired) electrons. The predicted octanol–water partition coefficient (Wildman–Crippen LogP) is 3.55. The highest BCUT2D eigenvalue weighted by atomic mass is 16.6. The van der Waals surface area contributed by atoms with Crippen molar-refractivity contribution in [2.45, 2.75) is 77.8 Å². The number of hydrogen-bond acceptors (Lipinski definition) is 6. The monoisotopic (exact) mass is 551 g/mol. The van der Waals surface area contributed by atoms with Crippen molar-refractivity contribution >= 4 is 23.7 Å². The second-order valence-corrected chi connectivity index (χ2v) is 10.4. The maximum atomic E-state index is 13.5. The number of Topliss-reactive ketones (excluding diaryl/α,β-unsaturated/α-hetero) is 1. The molecular formula is C31H41N3O6. The van der Waals surface area contributed by atoms with Gasteiger partial charge in [-0.2, -0.15) is 0 Å². The Morgan fingerprint density at radius 3 is 1.82 bits per heavy atom. The molecule has 2 aromatic rings. The van der Waals surface area contributed by atoms with E-state index in [1.165, 1.54) is 0 Å². The molecule has 1 aliphatic rings. The van der Waals surface area contributed by atoms with E-state index in [-0.39, 0.29) is 24.2 Å². The summed E-state index contributed by atoms with van der Waals surface area (Å²) in [4.78, 5) is 52.6. The molecule has 0 saturated carbocycles. The van der Waals surface area contributed by atoms with Crippen LogP contribution in [-0.4, -0.2) is 54.5 Å². The summed E-state index contributed by atoms with van der Waals surface area (Å²) in [5.41, 5.74) is 1.73. The first-order chi connectivity index (χ1) is 19.2. The maximum Gasteiger partial charge on any atom is 0.408 e. The van der Waals surface area contributed by atoms with E-state index >= 15 is 0 Å². The molecule has 0 bridgehead atoms. The van der Waals surface area contributed by atoms with Crippen molar-refractivity contribution in [1.82, 2.24) is 16.0 Å². The lowest BCUT2D eigenvalue weighted by atomic mass is 9.94. The molecule has 0 aromatic heterocycles. The zero-order chi connectivity index (χ0) is 29.1. The standard InChI is InChI=1S/C31H41N3O6/c1-5-20(3)26(29(36)32-24(28(35)25-19-39-25)17-22-13-9-7-10-14-22)33-30(37)27(21(4)6-2)34-31(38)40-18-23-15-11-8-12-16-23/h7-16,20-21,24-27H,5-6,17-19H2,1-4H3,(H,32,36)(H,33,37)(H,34,38)/t20-,21-,24-,25-,26-,27-/m0/s1. The fraction of sp³-hybridized carbons (Fsp3) is 0.484. The van der Waals surface area contributed by atoms with Gasteiger partial charge in [-0.3, -0.25) is 14.4 Å². The highest BCUT2D eigenvalue weighted by Crippen LogP contribution is 2.17. The van der Waals surface area contributed by atoms with E-state index in [2.05, 4.69) is 16.0 Å². The largest absolute Gasteiger partial charge is 0.445 e. The van der Waals surface area contributed by atoms with Crippen molar-refractivity contribution in [3.63, 3.8) is 0 Å². The van der Waals surface area contributed by atoms with Crippen LogP contribution < -0.4 is 16.0 Å². The average Bonchev–Trinajstić information content (AvgIpc) is 3.82. The van der Waals surface area contributed by atoms with Crippen LogP contribution in [0.15, 0.2) is 60.7 Å². The third kappa shape index (κ3) is 9.19. The van der Waals surface area contributed by atoms with Crippen LogP contribution in [0.2, 0.25) is 0 Å². The molecule has 6 atom stereocenters. The van der Waals surface area contributed by atoms with E-state index in [1.54, 1.807) is 0 Å². The Kier molecular flexibility index (Phi) is 11.7. The summed E-state index contributed by atoms with van der Waals surface area (Å²) in [6.45, 7) is 7.97. The van der Waals surface area contributed by atoms with Gasteiger partial charge in [0.1, 0.15) is 24.8 Å². The summed E-state index contributed by atoms with van der Waals surface area (Å²) in [5, 5.41) is 8.40. The molecule has 1 fully saturated rings. The molecule has 3 amide bonds. The van der Waals surface area contributed by atoms with Crippen LogP contribution >= 0.6 is 0 Å². The lowest BCUT2D eigenvalue weighted by Crippen LogP contribution is -2.59. The van der Waals surface area contributed by atoms with E-state index < -0.39 is 42.1 Å². The first kappa shape index (κ1) is 30.8. The summed E-state index contributed by atoms with van der Waals surface area (Å²) in [5.74, 6) is -1.57. The summed E-state index contributed by atoms with van der Waals surface area (Å²) >= 11 is 0. The van der Waals surface area contributed by atoms with Crippen molar-refractivity contribution in [2.75, 3.05) is 6.61 Å². The number of ketones is 1. The van der Waals surface area contributed by atoms with Gasteiger partial charge in [0.15, 0.2) is 5.78 Å². The number of alkyl carbamates (subject to hydrolysis) is 1. The predicted molar refractivity (Wildman–Crippen MR) is 151 cm³/mol. The van der Waals surface area contributed by atoms with E-state index in [0.717, 1.165) is 11.1 Å². The Balaban J connectivity index is 1.69. The van der Waals surface area contributed by atoms with Gasteiger partial charge in [0, 0.05) is 0 Å². The van der Waals surface area contributed by atoms with Gasteiger partial charge in [-0.15, -0.1) is 0 Å². The number of ether oxygens (including phenoxy) is 2. The lowest BCUT2D eigenvalue weighted by molar-refractivity contribution is -0.133. The fourth-order valence-electron chi connectivity index (χ4n) is 4.31. The van der Waals surface area contributed by atoms with Gasteiger partial charge in [-0.05, 0) is 29.4 Å². The molecule has 216 valence electrons. The van der Waals surface area contributed by atoms with Crippen LogP contribution in [-0.2, 0) is 36.9 Å². The number of benzene rings is 2. The van der Waals surface area contributed by atoms with E-state index in [0.29, 0.717) is 25.9 Å². The molecule has 9 nitrogen and oxygen atoms in total. The van der Waals surface area contributed by atoms with Crippen molar-refractivity contribution in [1.29, 1.82) is 0 Å². The number of amides is 3. The van der Waals surface area contributed by atoms with E-state index in [9.17, 15) is 19.2 Å². The van der Waals surface area contributed by atoms with Gasteiger partial charge in [0.25, 0.3) is 0 Å². The highest BCUT2D eigenvalue weighted by molar-refractivity contribution is 5.96. The zero-order valence-corrected chi connectivity index (χ0v) is 23.7. The zero-order valence-electron chi connectivity index (χ0n) is 23.7. The average molecular weight is 552 g/mol. The lowest BCUT2D eigenvalue weighted by Gasteiger charge is -2.29. The second kappa shape index (κ2) is 15.2. The summed E-state index contributed by atoms with van der Waals surface area (Å²) in [6.07, 6.45) is 0.309. The van der Waals surface area contributed by atoms with Gasteiger partial charge in [-0.1, -0.05) is 101 Å². The number of rotatable bonds is 15. The smallest absolute Gasteiger partial charge is 0.408 e. The number of carbonyl (C=O) groups excluding carboxylic acids is 4. The van der Waals surface area contributed by atoms with Crippen molar-refractivity contribution in [3.05, 3.63) is 71.8 Å². The van der Waals surface area contributed by atoms with Crippen LogP contribution in [0, 0.1) is 11.8 Å².